The lowest BCUT2D eigenvalue weighted by atomic mass is 10.4. The summed E-state index contributed by atoms with van der Waals surface area (Å²) < 4.78 is 21.6. The molecule has 1 unspecified atom stereocenters. The highest BCUT2D eigenvalue weighted by Crippen LogP contribution is 2.35. The molecule has 21 heavy (non-hydrogen) atoms. The predicted molar refractivity (Wildman–Crippen MR) is 71.1 cm³/mol. The number of fused-ring (bicyclic) bond motifs is 1. The maximum Gasteiger partial charge on any atom is 0.469 e. The van der Waals surface area contributed by atoms with Crippen LogP contribution in [0.3, 0.4) is 0 Å². The van der Waals surface area contributed by atoms with E-state index in [0.717, 1.165) is 0 Å². The molecule has 12 heteroatoms. The number of nitrogens with two attached hydrogens (primary N) is 1. The number of nitrogens with one attached hydrogen (secondary N) is 1. The van der Waals surface area contributed by atoms with Crippen LogP contribution < -0.4 is 11.3 Å². The van der Waals surface area contributed by atoms with Crippen molar-refractivity contribution in [2.24, 2.45) is 0 Å². The predicted octanol–water partition coefficient (Wildman–Crippen LogP) is -0.826. The van der Waals surface area contributed by atoms with E-state index < -0.39 is 19.5 Å². The fourth-order valence-corrected chi connectivity index (χ4v) is 1.93. The number of phosphoric ester groups is 1. The van der Waals surface area contributed by atoms with Crippen molar-refractivity contribution < 1.29 is 23.6 Å². The molecular formula is C9H14N5O6P. The van der Waals surface area contributed by atoms with Crippen molar-refractivity contribution in [1.82, 2.24) is 19.5 Å². The number of hydrogen-bond donors (Lipinski definition) is 4. The summed E-state index contributed by atoms with van der Waals surface area (Å²) in [7, 11) is -4.53. The smallest absolute Gasteiger partial charge is 0.369 e. The Morgan fingerprint density at radius 2 is 2.29 bits per heavy atom. The Hall–Kier alpha value is -1.78. The van der Waals surface area contributed by atoms with Crippen molar-refractivity contribution in [3.05, 3.63) is 16.7 Å². The molecule has 2 heterocycles. The number of phosphoric acid groups is 1. The number of nitrogens with zero attached hydrogens (tertiary/aromatic N) is 3. The second-order valence-corrected chi connectivity index (χ2v) is 5.47. The van der Waals surface area contributed by atoms with Gasteiger partial charge in [-0.2, -0.15) is 4.98 Å². The fourth-order valence-electron chi connectivity index (χ4n) is 1.52. The number of aromatic amines is 1. The molecule has 2 rings (SSSR count). The lowest BCUT2D eigenvalue weighted by Crippen LogP contribution is -2.18. The quantitative estimate of drug-likeness (QED) is 0.497. The molecule has 0 spiro atoms. The molecular weight excluding hydrogens is 305 g/mol. The zero-order chi connectivity index (χ0) is 15.6. The number of nitrogen functional groups attached to an aromatic ring is 1. The van der Waals surface area contributed by atoms with Crippen molar-refractivity contribution in [2.75, 3.05) is 12.3 Å². The molecule has 0 aliphatic rings. The van der Waals surface area contributed by atoms with Crippen LogP contribution in [0.15, 0.2) is 11.1 Å². The Morgan fingerprint density at radius 3 is 2.95 bits per heavy atom. The highest BCUT2D eigenvalue weighted by Gasteiger charge is 2.16. The maximum absolute atomic E-state index is 11.6. The lowest BCUT2D eigenvalue weighted by Gasteiger charge is -2.14. The molecule has 116 valence electrons. The summed E-state index contributed by atoms with van der Waals surface area (Å²) in [6, 6.07) is 0. The van der Waals surface area contributed by atoms with E-state index in [1.54, 1.807) is 6.92 Å². The summed E-state index contributed by atoms with van der Waals surface area (Å²) in [6.07, 6.45) is 0.762. The van der Waals surface area contributed by atoms with Crippen molar-refractivity contribution in [2.45, 2.75) is 19.8 Å². The average molecular weight is 319 g/mol. The van der Waals surface area contributed by atoms with Crippen LogP contribution in [0.25, 0.3) is 11.2 Å². The first-order valence-corrected chi connectivity index (χ1v) is 7.31. The van der Waals surface area contributed by atoms with E-state index in [1.807, 2.05) is 0 Å². The molecule has 11 nitrogen and oxygen atoms in total. The van der Waals surface area contributed by atoms with Gasteiger partial charge in [0.15, 0.2) is 11.2 Å². The van der Waals surface area contributed by atoms with Gasteiger partial charge in [0, 0.05) is 0 Å². The van der Waals surface area contributed by atoms with Gasteiger partial charge in [0.2, 0.25) is 5.95 Å². The normalized spacial score (nSPS) is 13.7. The Kier molecular flexibility index (Phi) is 4.40. The van der Waals surface area contributed by atoms with Crippen molar-refractivity contribution in [1.29, 1.82) is 0 Å². The summed E-state index contributed by atoms with van der Waals surface area (Å²) in [4.78, 5) is 38.9. The summed E-state index contributed by atoms with van der Waals surface area (Å²) in [5.41, 5.74) is 5.35. The molecule has 0 saturated heterocycles. The molecule has 2 aromatic heterocycles. The zero-order valence-corrected chi connectivity index (χ0v) is 11.9. The number of aromatic nitrogens is 4. The van der Waals surface area contributed by atoms with Crippen LogP contribution in [0.4, 0.5) is 5.95 Å². The minimum atomic E-state index is -4.53. The summed E-state index contributed by atoms with van der Waals surface area (Å²) in [5.74, 6) is -0.0490. The molecule has 0 amide bonds. The summed E-state index contributed by atoms with van der Waals surface area (Å²) >= 11 is 0. The Labute approximate surface area is 118 Å². The monoisotopic (exact) mass is 319 g/mol. The zero-order valence-electron chi connectivity index (χ0n) is 11.0. The van der Waals surface area contributed by atoms with E-state index in [-0.39, 0.29) is 30.4 Å². The number of hydrogen-bond acceptors (Lipinski definition) is 7. The minimum Gasteiger partial charge on any atom is -0.369 e. The SMILES string of the molecule is CC(COP(=O)(O)O)OCn1cnc2c(=O)[nH]c(N)nc21. The van der Waals surface area contributed by atoms with Gasteiger partial charge in [0.1, 0.15) is 6.73 Å². The Bertz CT molecular complexity index is 736. The molecule has 0 aliphatic carbocycles. The van der Waals surface area contributed by atoms with Crippen LogP contribution in [-0.4, -0.2) is 42.0 Å². The first-order chi connectivity index (χ1) is 9.76. The number of anilines is 1. The molecule has 0 bridgehead atoms. The van der Waals surface area contributed by atoms with E-state index in [4.69, 9.17) is 20.3 Å². The van der Waals surface area contributed by atoms with E-state index in [1.165, 1.54) is 10.9 Å². The average Bonchev–Trinajstić information content (AvgIpc) is 2.76. The van der Waals surface area contributed by atoms with Crippen molar-refractivity contribution in [3.63, 3.8) is 0 Å². The fraction of sp³-hybridized carbons (Fsp3) is 0.444. The van der Waals surface area contributed by atoms with Crippen LogP contribution in [-0.2, 0) is 20.6 Å². The van der Waals surface area contributed by atoms with Crippen molar-refractivity contribution in [3.8, 4) is 0 Å². The molecule has 0 aliphatic heterocycles. The highest BCUT2D eigenvalue weighted by atomic mass is 31.2. The van der Waals surface area contributed by atoms with E-state index in [9.17, 15) is 9.36 Å². The molecule has 0 radical (unpaired) electrons. The van der Waals surface area contributed by atoms with Gasteiger partial charge >= 0.3 is 7.82 Å². The topological polar surface area (TPSA) is 166 Å². The standard InChI is InChI=1S/C9H14N5O6P/c1-5(2-20-21(16,17)18)19-4-14-3-11-6-7(14)12-9(10)13-8(6)15/h3,5H,2,4H2,1H3,(H2,16,17,18)(H3,10,12,13,15). The number of H-pyrrole nitrogens is 1. The molecule has 0 aromatic carbocycles. The second-order valence-electron chi connectivity index (χ2n) is 4.23. The maximum atomic E-state index is 11.6. The molecule has 1 atom stereocenters. The number of rotatable bonds is 6. The molecule has 5 N–H and O–H groups in total. The van der Waals surface area contributed by atoms with Crippen LogP contribution in [0.2, 0.25) is 0 Å². The third kappa shape index (κ3) is 4.09. The highest BCUT2D eigenvalue weighted by molar-refractivity contribution is 7.46. The Balaban J connectivity index is 2.04. The molecule has 0 fully saturated rings. The van der Waals surface area contributed by atoms with E-state index >= 15 is 0 Å². The van der Waals surface area contributed by atoms with Crippen LogP contribution in [0.1, 0.15) is 6.92 Å². The first-order valence-electron chi connectivity index (χ1n) is 5.78. The van der Waals surface area contributed by atoms with Gasteiger partial charge in [-0.1, -0.05) is 0 Å². The third-order valence-corrected chi connectivity index (χ3v) is 2.95. The third-order valence-electron chi connectivity index (χ3n) is 2.47. The van der Waals surface area contributed by atoms with Gasteiger partial charge in [0.25, 0.3) is 5.56 Å². The van der Waals surface area contributed by atoms with Gasteiger partial charge in [0.05, 0.1) is 19.0 Å². The minimum absolute atomic E-state index is 0.0297. The van der Waals surface area contributed by atoms with Crippen molar-refractivity contribution >= 4 is 24.9 Å². The van der Waals surface area contributed by atoms with Gasteiger partial charge < -0.3 is 20.3 Å². The lowest BCUT2D eigenvalue weighted by molar-refractivity contribution is -0.0115. The molecule has 2 aromatic rings. The second kappa shape index (κ2) is 5.92. The van der Waals surface area contributed by atoms with Gasteiger partial charge in [-0.25, -0.2) is 9.55 Å². The Morgan fingerprint density at radius 1 is 1.57 bits per heavy atom. The number of imidazole rings is 1. The van der Waals surface area contributed by atoms with Gasteiger partial charge in [-0.05, 0) is 6.92 Å². The van der Waals surface area contributed by atoms with Crippen LogP contribution >= 0.6 is 7.82 Å². The largest absolute Gasteiger partial charge is 0.469 e. The van der Waals surface area contributed by atoms with Crippen LogP contribution in [0.5, 0.6) is 0 Å². The van der Waals surface area contributed by atoms with Gasteiger partial charge in [-0.15, -0.1) is 0 Å². The van der Waals surface area contributed by atoms with E-state index in [0.29, 0.717) is 0 Å². The molecule has 0 saturated carbocycles. The van der Waals surface area contributed by atoms with Crippen LogP contribution in [0, 0.1) is 0 Å². The first kappa shape index (κ1) is 15.6. The van der Waals surface area contributed by atoms with Gasteiger partial charge in [-0.3, -0.25) is 18.9 Å². The summed E-state index contributed by atoms with van der Waals surface area (Å²) in [5, 5.41) is 0. The van der Waals surface area contributed by atoms with E-state index in [2.05, 4.69) is 19.5 Å². The number of ether oxygens (including phenoxy) is 1. The summed E-state index contributed by atoms with van der Waals surface area (Å²) in [6.45, 7) is 1.26.